The van der Waals surface area contributed by atoms with E-state index in [1.807, 2.05) is 12.1 Å². The third-order valence-electron chi connectivity index (χ3n) is 4.90. The van der Waals surface area contributed by atoms with Crippen molar-refractivity contribution in [1.29, 1.82) is 0 Å². The van der Waals surface area contributed by atoms with Gasteiger partial charge in [-0.1, -0.05) is 26.8 Å². The molecule has 3 N–H and O–H groups in total. The number of nitrogens with two attached hydrogens (primary N) is 1. The lowest BCUT2D eigenvalue weighted by atomic mass is 9.70. The summed E-state index contributed by atoms with van der Waals surface area (Å²) in [5.74, 6) is 2.54. The van der Waals surface area contributed by atoms with E-state index < -0.39 is 0 Å². The van der Waals surface area contributed by atoms with Crippen molar-refractivity contribution in [2.75, 3.05) is 5.73 Å². The fourth-order valence-corrected chi connectivity index (χ4v) is 3.50. The molecule has 2 aromatic rings. The molecule has 0 radical (unpaired) electrons. The Morgan fingerprint density at radius 1 is 1.15 bits per heavy atom. The van der Waals surface area contributed by atoms with Crippen LogP contribution in [0.1, 0.15) is 58.2 Å². The number of H-pyrrole nitrogens is 1. The minimum atomic E-state index is 0.434. The molecule has 3 rings (SSSR count). The highest BCUT2D eigenvalue weighted by Gasteiger charge is 2.31. The van der Waals surface area contributed by atoms with Crippen molar-refractivity contribution in [1.82, 2.24) is 9.97 Å². The number of nitrogens with one attached hydrogen (secondary N) is 1. The van der Waals surface area contributed by atoms with Crippen LogP contribution in [-0.2, 0) is 0 Å². The van der Waals surface area contributed by atoms with Gasteiger partial charge >= 0.3 is 0 Å². The van der Waals surface area contributed by atoms with Crippen LogP contribution in [0.4, 0.5) is 5.69 Å². The molecule has 0 spiro atoms. The number of para-hydroxylation sites is 1. The Morgan fingerprint density at radius 3 is 2.45 bits per heavy atom. The van der Waals surface area contributed by atoms with Gasteiger partial charge in [0, 0.05) is 5.92 Å². The maximum Gasteiger partial charge on any atom is 0.111 e. The molecule has 0 unspecified atom stereocenters. The molecule has 108 valence electrons. The maximum absolute atomic E-state index is 6.00. The Labute approximate surface area is 121 Å². The quantitative estimate of drug-likeness (QED) is 0.752. The highest BCUT2D eigenvalue weighted by molar-refractivity contribution is 5.86. The van der Waals surface area contributed by atoms with Crippen LogP contribution < -0.4 is 5.73 Å². The fraction of sp³-hybridized carbons (Fsp3) is 0.588. The SMILES string of the molecule is CC(C)(C)C1CCC(c2nc3c(N)cccc3[nH]2)CC1. The first kappa shape index (κ1) is 13.5. The van der Waals surface area contributed by atoms with Crippen LogP contribution >= 0.6 is 0 Å². The topological polar surface area (TPSA) is 54.7 Å². The number of fused-ring (bicyclic) bond motifs is 1. The highest BCUT2D eigenvalue weighted by Crippen LogP contribution is 2.42. The van der Waals surface area contributed by atoms with Gasteiger partial charge in [0.15, 0.2) is 0 Å². The largest absolute Gasteiger partial charge is 0.397 e. The number of hydrogen-bond donors (Lipinski definition) is 2. The smallest absolute Gasteiger partial charge is 0.111 e. The van der Waals surface area contributed by atoms with Crippen LogP contribution in [0, 0.1) is 11.3 Å². The van der Waals surface area contributed by atoms with Crippen LogP contribution in [0.2, 0.25) is 0 Å². The first-order valence-corrected chi connectivity index (χ1v) is 7.69. The molecule has 1 heterocycles. The molecule has 3 heteroatoms. The summed E-state index contributed by atoms with van der Waals surface area (Å²) in [6.07, 6.45) is 5.09. The molecule has 0 atom stereocenters. The lowest BCUT2D eigenvalue weighted by molar-refractivity contribution is 0.167. The summed E-state index contributed by atoms with van der Waals surface area (Å²) in [4.78, 5) is 8.21. The van der Waals surface area contributed by atoms with E-state index in [4.69, 9.17) is 10.7 Å². The zero-order valence-corrected chi connectivity index (χ0v) is 12.7. The summed E-state index contributed by atoms with van der Waals surface area (Å²) in [6.45, 7) is 7.08. The molecule has 3 nitrogen and oxygen atoms in total. The van der Waals surface area contributed by atoms with Crippen LogP contribution in [0.15, 0.2) is 18.2 Å². The molecular weight excluding hydrogens is 246 g/mol. The first-order chi connectivity index (χ1) is 9.45. The Balaban J connectivity index is 1.78. The van der Waals surface area contributed by atoms with Crippen molar-refractivity contribution in [3.63, 3.8) is 0 Å². The Hall–Kier alpha value is -1.51. The molecule has 1 aliphatic carbocycles. The number of hydrogen-bond acceptors (Lipinski definition) is 2. The molecule has 1 saturated carbocycles. The predicted octanol–water partition coefficient (Wildman–Crippen LogP) is 4.47. The van der Waals surface area contributed by atoms with E-state index in [0.717, 1.165) is 28.5 Å². The van der Waals surface area contributed by atoms with Gasteiger partial charge in [-0.3, -0.25) is 0 Å². The zero-order chi connectivity index (χ0) is 14.3. The number of rotatable bonds is 1. The van der Waals surface area contributed by atoms with E-state index in [1.165, 1.54) is 25.7 Å². The van der Waals surface area contributed by atoms with Crippen molar-refractivity contribution in [3.05, 3.63) is 24.0 Å². The van der Waals surface area contributed by atoms with Gasteiger partial charge in [0.25, 0.3) is 0 Å². The molecule has 0 bridgehead atoms. The first-order valence-electron chi connectivity index (χ1n) is 7.69. The lowest BCUT2D eigenvalue weighted by Gasteiger charge is -2.36. The minimum Gasteiger partial charge on any atom is -0.397 e. The van der Waals surface area contributed by atoms with Gasteiger partial charge in [-0.15, -0.1) is 0 Å². The van der Waals surface area contributed by atoms with E-state index in [1.54, 1.807) is 0 Å². The van der Waals surface area contributed by atoms with E-state index in [-0.39, 0.29) is 0 Å². The normalized spacial score (nSPS) is 24.1. The Morgan fingerprint density at radius 2 is 1.85 bits per heavy atom. The molecule has 0 aliphatic heterocycles. The fourth-order valence-electron chi connectivity index (χ4n) is 3.50. The van der Waals surface area contributed by atoms with Gasteiger partial charge in [0.05, 0.1) is 11.2 Å². The molecule has 1 aliphatic rings. The molecule has 1 aromatic heterocycles. The van der Waals surface area contributed by atoms with Crippen molar-refractivity contribution >= 4 is 16.7 Å². The van der Waals surface area contributed by atoms with Gasteiger partial charge in [-0.25, -0.2) is 4.98 Å². The van der Waals surface area contributed by atoms with E-state index in [0.29, 0.717) is 11.3 Å². The number of aromatic nitrogens is 2. The van der Waals surface area contributed by atoms with E-state index in [2.05, 4.69) is 31.8 Å². The van der Waals surface area contributed by atoms with Crippen molar-refractivity contribution < 1.29 is 0 Å². The van der Waals surface area contributed by atoms with Crippen molar-refractivity contribution in [2.24, 2.45) is 11.3 Å². The van der Waals surface area contributed by atoms with Gasteiger partial charge < -0.3 is 10.7 Å². The third-order valence-corrected chi connectivity index (χ3v) is 4.90. The van der Waals surface area contributed by atoms with Gasteiger partial charge in [0.1, 0.15) is 11.3 Å². The summed E-state index contributed by atoms with van der Waals surface area (Å²) >= 11 is 0. The van der Waals surface area contributed by atoms with Crippen LogP contribution in [-0.4, -0.2) is 9.97 Å². The summed E-state index contributed by atoms with van der Waals surface area (Å²) in [5, 5.41) is 0. The predicted molar refractivity (Wildman–Crippen MR) is 84.7 cm³/mol. The van der Waals surface area contributed by atoms with Crippen LogP contribution in [0.25, 0.3) is 11.0 Å². The number of anilines is 1. The molecular formula is C17H25N3. The Bertz CT molecular complexity index is 598. The second-order valence-corrected chi connectivity index (χ2v) is 7.28. The van der Waals surface area contributed by atoms with E-state index in [9.17, 15) is 0 Å². The monoisotopic (exact) mass is 271 g/mol. The molecule has 20 heavy (non-hydrogen) atoms. The average Bonchev–Trinajstić information content (AvgIpc) is 2.83. The maximum atomic E-state index is 6.00. The third kappa shape index (κ3) is 2.41. The number of nitrogen functional groups attached to an aromatic ring is 1. The summed E-state index contributed by atoms with van der Waals surface area (Å²) in [6, 6.07) is 5.96. The minimum absolute atomic E-state index is 0.434. The van der Waals surface area contributed by atoms with Crippen molar-refractivity contribution in [3.8, 4) is 0 Å². The number of benzene rings is 1. The number of nitrogens with zero attached hydrogens (tertiary/aromatic N) is 1. The number of imidazole rings is 1. The zero-order valence-electron chi connectivity index (χ0n) is 12.7. The van der Waals surface area contributed by atoms with Crippen LogP contribution in [0.3, 0.4) is 0 Å². The molecule has 1 fully saturated rings. The standard InChI is InChI=1S/C17H25N3/c1-17(2,3)12-9-7-11(8-10-12)16-19-14-6-4-5-13(18)15(14)20-16/h4-6,11-12H,7-10,18H2,1-3H3,(H,19,20). The van der Waals surface area contributed by atoms with Gasteiger partial charge in [-0.2, -0.15) is 0 Å². The summed E-state index contributed by atoms with van der Waals surface area (Å²) in [5.41, 5.74) is 9.20. The van der Waals surface area contributed by atoms with Gasteiger partial charge in [0.2, 0.25) is 0 Å². The second-order valence-electron chi connectivity index (χ2n) is 7.28. The van der Waals surface area contributed by atoms with E-state index >= 15 is 0 Å². The summed E-state index contributed by atoms with van der Waals surface area (Å²) < 4.78 is 0. The van der Waals surface area contributed by atoms with Crippen molar-refractivity contribution in [2.45, 2.75) is 52.4 Å². The molecule has 0 saturated heterocycles. The average molecular weight is 271 g/mol. The number of aromatic amines is 1. The molecule has 0 amide bonds. The van der Waals surface area contributed by atoms with Gasteiger partial charge in [-0.05, 0) is 49.1 Å². The summed E-state index contributed by atoms with van der Waals surface area (Å²) in [7, 11) is 0. The second kappa shape index (κ2) is 4.80. The Kier molecular flexibility index (Phi) is 3.23. The lowest BCUT2D eigenvalue weighted by Crippen LogP contribution is -2.25. The van der Waals surface area contributed by atoms with Crippen LogP contribution in [0.5, 0.6) is 0 Å². The highest BCUT2D eigenvalue weighted by atomic mass is 14.9. The molecule has 1 aromatic carbocycles.